The van der Waals surface area contributed by atoms with Gasteiger partial charge in [0, 0.05) is 6.42 Å². The van der Waals surface area contributed by atoms with E-state index in [2.05, 4.69) is 84.2 Å². The number of hydrogen-bond acceptors (Lipinski definition) is 1. The van der Waals surface area contributed by atoms with Crippen molar-refractivity contribution in [1.29, 1.82) is 0 Å². The maximum Gasteiger partial charge on any atom is 0.145 e. The van der Waals surface area contributed by atoms with Crippen LogP contribution in [0.2, 0.25) is 16.6 Å². The van der Waals surface area contributed by atoms with Gasteiger partial charge in [-0.05, 0) is 48.0 Å². The van der Waals surface area contributed by atoms with Gasteiger partial charge in [-0.25, -0.2) is 0 Å². The number of hydrogen-bond donors (Lipinski definition) is 0. The van der Waals surface area contributed by atoms with E-state index in [-0.39, 0.29) is 5.60 Å². The highest BCUT2D eigenvalue weighted by Gasteiger charge is 2.42. The lowest BCUT2D eigenvalue weighted by Gasteiger charge is -2.38. The SMILES string of the molecule is CC(C)[Si](C#CCC1(C)CCc2ccccc2O1)(C(C)C)C(C)C. The molecule has 1 aliphatic heterocycles. The summed E-state index contributed by atoms with van der Waals surface area (Å²) in [7, 11) is -1.63. The second kappa shape index (κ2) is 7.36. The molecular weight excluding hydrogens is 308 g/mol. The van der Waals surface area contributed by atoms with Gasteiger partial charge in [0.05, 0.1) is 0 Å². The van der Waals surface area contributed by atoms with Crippen molar-refractivity contribution in [2.45, 2.75) is 90.0 Å². The van der Waals surface area contributed by atoms with Gasteiger partial charge in [-0.1, -0.05) is 59.7 Å². The molecule has 1 nitrogen and oxygen atoms in total. The van der Waals surface area contributed by atoms with Crippen molar-refractivity contribution in [3.63, 3.8) is 0 Å². The van der Waals surface area contributed by atoms with Gasteiger partial charge in [0.2, 0.25) is 0 Å². The summed E-state index contributed by atoms with van der Waals surface area (Å²) in [6, 6.07) is 8.42. The molecule has 1 atom stereocenters. The van der Waals surface area contributed by atoms with Crippen molar-refractivity contribution < 1.29 is 4.74 Å². The first-order valence-corrected chi connectivity index (χ1v) is 11.7. The predicted molar refractivity (Wildman–Crippen MR) is 107 cm³/mol. The second-order valence-corrected chi connectivity index (χ2v) is 14.1. The number of benzene rings is 1. The maximum atomic E-state index is 6.33. The smallest absolute Gasteiger partial charge is 0.145 e. The first-order chi connectivity index (χ1) is 11.2. The van der Waals surface area contributed by atoms with E-state index in [4.69, 9.17) is 4.74 Å². The molecule has 24 heavy (non-hydrogen) atoms. The van der Waals surface area contributed by atoms with Crippen molar-refractivity contribution in [3.05, 3.63) is 29.8 Å². The van der Waals surface area contributed by atoms with E-state index in [1.54, 1.807) is 0 Å². The molecule has 1 aliphatic rings. The molecular formula is C22H34OSi. The van der Waals surface area contributed by atoms with Crippen LogP contribution in [0.25, 0.3) is 0 Å². The third kappa shape index (κ3) is 3.72. The van der Waals surface area contributed by atoms with Crippen LogP contribution in [-0.4, -0.2) is 13.7 Å². The zero-order valence-electron chi connectivity index (χ0n) is 16.6. The van der Waals surface area contributed by atoms with Crippen LogP contribution >= 0.6 is 0 Å². The molecule has 1 unspecified atom stereocenters. The van der Waals surface area contributed by atoms with E-state index in [0.717, 1.165) is 25.0 Å². The summed E-state index contributed by atoms with van der Waals surface area (Å²) in [5, 5.41) is 0. The fourth-order valence-electron chi connectivity index (χ4n) is 4.47. The monoisotopic (exact) mass is 342 g/mol. The highest BCUT2D eigenvalue weighted by Crippen LogP contribution is 2.41. The highest BCUT2D eigenvalue weighted by atomic mass is 28.3. The zero-order valence-corrected chi connectivity index (χ0v) is 17.6. The van der Waals surface area contributed by atoms with Crippen molar-refractivity contribution in [1.82, 2.24) is 0 Å². The van der Waals surface area contributed by atoms with E-state index in [1.165, 1.54) is 5.56 Å². The zero-order chi connectivity index (χ0) is 18.0. The summed E-state index contributed by atoms with van der Waals surface area (Å²) >= 11 is 0. The minimum absolute atomic E-state index is 0.146. The molecule has 2 heteroatoms. The molecule has 0 amide bonds. The van der Waals surface area contributed by atoms with Crippen molar-refractivity contribution in [3.8, 4) is 17.2 Å². The van der Waals surface area contributed by atoms with Crippen LogP contribution in [-0.2, 0) is 6.42 Å². The Morgan fingerprint density at radius 3 is 2.21 bits per heavy atom. The summed E-state index contributed by atoms with van der Waals surface area (Å²) in [5.74, 6) is 4.65. The van der Waals surface area contributed by atoms with Crippen LogP contribution < -0.4 is 4.74 Å². The van der Waals surface area contributed by atoms with Crippen LogP contribution in [0.5, 0.6) is 5.75 Å². The highest BCUT2D eigenvalue weighted by molar-refractivity contribution is 6.90. The Kier molecular flexibility index (Phi) is 5.86. The molecule has 1 heterocycles. The Labute approximate surface area is 150 Å². The van der Waals surface area contributed by atoms with Crippen LogP contribution in [0.15, 0.2) is 24.3 Å². The van der Waals surface area contributed by atoms with Gasteiger partial charge in [0.15, 0.2) is 0 Å². The molecule has 0 spiro atoms. The lowest BCUT2D eigenvalue weighted by molar-refractivity contribution is 0.0703. The predicted octanol–water partition coefficient (Wildman–Crippen LogP) is 6.38. The Balaban J connectivity index is 2.19. The topological polar surface area (TPSA) is 9.23 Å². The standard InChI is InChI=1S/C22H34OSi/c1-17(2)24(18(3)4,19(5)6)16-10-14-22(7)15-13-20-11-8-9-12-21(20)23-22/h8-9,11-12,17-19H,13-15H2,1-7H3. The van der Waals surface area contributed by atoms with Crippen molar-refractivity contribution >= 4 is 8.07 Å². The van der Waals surface area contributed by atoms with Gasteiger partial charge in [-0.2, -0.15) is 0 Å². The van der Waals surface area contributed by atoms with Crippen LogP contribution in [0.3, 0.4) is 0 Å². The first kappa shape index (κ1) is 19.1. The molecule has 0 N–H and O–H groups in total. The Bertz CT molecular complexity index is 599. The molecule has 0 saturated carbocycles. The lowest BCUT2D eigenvalue weighted by atomic mass is 9.90. The lowest BCUT2D eigenvalue weighted by Crippen LogP contribution is -2.43. The largest absolute Gasteiger partial charge is 0.486 e. The Hall–Kier alpha value is -1.20. The summed E-state index contributed by atoms with van der Waals surface area (Å²) in [6.07, 6.45) is 2.98. The maximum absolute atomic E-state index is 6.33. The van der Waals surface area contributed by atoms with E-state index in [9.17, 15) is 0 Å². The fraction of sp³-hybridized carbons (Fsp3) is 0.636. The fourth-order valence-corrected chi connectivity index (χ4v) is 9.73. The van der Waals surface area contributed by atoms with Crippen molar-refractivity contribution in [2.24, 2.45) is 0 Å². The number of para-hydroxylation sites is 1. The number of rotatable bonds is 4. The minimum Gasteiger partial charge on any atom is -0.486 e. The Morgan fingerprint density at radius 2 is 1.62 bits per heavy atom. The van der Waals surface area contributed by atoms with Crippen LogP contribution in [0.4, 0.5) is 0 Å². The second-order valence-electron chi connectivity index (χ2n) is 8.54. The average molecular weight is 343 g/mol. The summed E-state index contributed by atoms with van der Waals surface area (Å²) in [5.41, 5.74) is 7.08. The van der Waals surface area contributed by atoms with E-state index in [0.29, 0.717) is 16.6 Å². The molecule has 1 aromatic rings. The van der Waals surface area contributed by atoms with Gasteiger partial charge in [-0.15, -0.1) is 11.5 Å². The van der Waals surface area contributed by atoms with Gasteiger partial charge < -0.3 is 4.74 Å². The molecule has 0 saturated heterocycles. The van der Waals surface area contributed by atoms with Gasteiger partial charge in [-0.3, -0.25) is 0 Å². The molecule has 0 aromatic heterocycles. The van der Waals surface area contributed by atoms with Gasteiger partial charge in [0.25, 0.3) is 0 Å². The number of fused-ring (bicyclic) bond motifs is 1. The molecule has 0 aliphatic carbocycles. The number of ether oxygens (including phenoxy) is 1. The molecule has 2 rings (SSSR count). The van der Waals surface area contributed by atoms with Gasteiger partial charge >= 0.3 is 0 Å². The first-order valence-electron chi connectivity index (χ1n) is 9.48. The van der Waals surface area contributed by atoms with Crippen molar-refractivity contribution in [2.75, 3.05) is 0 Å². The normalized spacial score (nSPS) is 20.6. The van der Waals surface area contributed by atoms with E-state index >= 15 is 0 Å². The summed E-state index contributed by atoms with van der Waals surface area (Å²) < 4.78 is 6.33. The molecule has 0 bridgehead atoms. The van der Waals surface area contributed by atoms with E-state index < -0.39 is 8.07 Å². The third-order valence-electron chi connectivity index (χ3n) is 5.89. The molecule has 0 fully saturated rings. The quantitative estimate of drug-likeness (QED) is 0.455. The Morgan fingerprint density at radius 1 is 1.04 bits per heavy atom. The van der Waals surface area contributed by atoms with Crippen LogP contribution in [0, 0.1) is 11.5 Å². The van der Waals surface area contributed by atoms with E-state index in [1.807, 2.05) is 0 Å². The van der Waals surface area contributed by atoms with Crippen LogP contribution in [0.1, 0.15) is 66.9 Å². The van der Waals surface area contributed by atoms with Gasteiger partial charge in [0.1, 0.15) is 19.4 Å². The average Bonchev–Trinajstić information content (AvgIpc) is 2.50. The number of aryl methyl sites for hydroxylation is 1. The summed E-state index contributed by atoms with van der Waals surface area (Å²) in [6.45, 7) is 16.4. The molecule has 1 aromatic carbocycles. The third-order valence-corrected chi connectivity index (χ3v) is 12.2. The summed E-state index contributed by atoms with van der Waals surface area (Å²) in [4.78, 5) is 0. The molecule has 0 radical (unpaired) electrons. The molecule has 132 valence electrons. The minimum atomic E-state index is -1.63.